The predicted octanol–water partition coefficient (Wildman–Crippen LogP) is 1.99. The van der Waals surface area contributed by atoms with Gasteiger partial charge in [0.2, 0.25) is 11.7 Å². The van der Waals surface area contributed by atoms with Crippen LogP contribution in [0.4, 0.5) is 0 Å². The van der Waals surface area contributed by atoms with Gasteiger partial charge in [0, 0.05) is 18.7 Å². The molecule has 0 spiro atoms. The summed E-state index contributed by atoms with van der Waals surface area (Å²) in [5, 5.41) is 17.1. The van der Waals surface area contributed by atoms with E-state index in [0.717, 1.165) is 49.4 Å². The number of furan rings is 1. The fourth-order valence-electron chi connectivity index (χ4n) is 3.47. The number of nitrogens with one attached hydrogen (secondary N) is 2. The molecule has 1 fully saturated rings. The van der Waals surface area contributed by atoms with E-state index < -0.39 is 0 Å². The van der Waals surface area contributed by atoms with Gasteiger partial charge in [-0.05, 0) is 48.4 Å². The minimum atomic E-state index is 0.00843. The first-order valence-electron chi connectivity index (χ1n) is 9.13. The molecule has 3 heterocycles. The number of rotatable bonds is 6. The van der Waals surface area contributed by atoms with Gasteiger partial charge in [0.25, 0.3) is 0 Å². The summed E-state index contributed by atoms with van der Waals surface area (Å²) in [5.41, 5.74) is 1.88. The molecule has 0 saturated carbocycles. The van der Waals surface area contributed by atoms with Gasteiger partial charge < -0.3 is 9.73 Å². The highest BCUT2D eigenvalue weighted by Gasteiger charge is 2.26. The van der Waals surface area contributed by atoms with E-state index in [1.54, 1.807) is 6.26 Å². The Bertz CT molecular complexity index is 862. The Morgan fingerprint density at radius 3 is 3.11 bits per heavy atom. The Morgan fingerprint density at radius 2 is 2.30 bits per heavy atom. The molecule has 1 unspecified atom stereocenters. The van der Waals surface area contributed by atoms with Crippen molar-refractivity contribution in [1.82, 2.24) is 30.8 Å². The highest BCUT2D eigenvalue weighted by molar-refractivity contribution is 5.79. The minimum absolute atomic E-state index is 0.00843. The third kappa shape index (κ3) is 4.40. The number of piperidine rings is 1. The lowest BCUT2D eigenvalue weighted by Crippen LogP contribution is -2.42. The highest BCUT2D eigenvalue weighted by atomic mass is 16.3. The Balaban J connectivity index is 1.32. The first-order valence-corrected chi connectivity index (χ1v) is 9.13. The summed E-state index contributed by atoms with van der Waals surface area (Å²) in [7, 11) is 0. The maximum absolute atomic E-state index is 12.6. The van der Waals surface area contributed by atoms with Gasteiger partial charge in [-0.1, -0.05) is 18.2 Å². The molecule has 1 aliphatic rings. The minimum Gasteiger partial charge on any atom is -0.468 e. The largest absolute Gasteiger partial charge is 0.468 e. The maximum Gasteiger partial charge on any atom is 0.224 e. The van der Waals surface area contributed by atoms with Gasteiger partial charge >= 0.3 is 0 Å². The van der Waals surface area contributed by atoms with Gasteiger partial charge in [-0.2, -0.15) is 5.21 Å². The van der Waals surface area contributed by atoms with Crippen LogP contribution >= 0.6 is 0 Å². The number of benzene rings is 1. The van der Waals surface area contributed by atoms with Crippen molar-refractivity contribution in [2.75, 3.05) is 13.1 Å². The molecule has 27 heavy (non-hydrogen) atoms. The van der Waals surface area contributed by atoms with Crippen LogP contribution in [0.15, 0.2) is 47.1 Å². The average Bonchev–Trinajstić information content (AvgIpc) is 3.41. The lowest BCUT2D eigenvalue weighted by molar-refractivity contribution is -0.127. The van der Waals surface area contributed by atoms with Crippen LogP contribution in [0, 0.1) is 5.92 Å². The van der Waals surface area contributed by atoms with Crippen LogP contribution in [-0.4, -0.2) is 44.5 Å². The Labute approximate surface area is 156 Å². The summed E-state index contributed by atoms with van der Waals surface area (Å²) in [6.45, 7) is 3.00. The standard InChI is InChI=1S/C19H22N6O2/c26-19(16-6-2-8-25(12-16)13-17-7-3-9-27-17)20-11-14-4-1-5-15(10-14)18-21-23-24-22-18/h1,3-5,7,9-10,16H,2,6,8,11-13H2,(H,20,26)(H,21,22,23,24). The second kappa shape index (κ2) is 8.13. The quantitative estimate of drug-likeness (QED) is 0.692. The molecule has 8 heteroatoms. The van der Waals surface area contributed by atoms with Crippen molar-refractivity contribution < 1.29 is 9.21 Å². The number of tetrazole rings is 1. The second-order valence-electron chi connectivity index (χ2n) is 6.81. The van der Waals surface area contributed by atoms with Crippen LogP contribution in [0.2, 0.25) is 0 Å². The first kappa shape index (κ1) is 17.4. The van der Waals surface area contributed by atoms with Crippen molar-refractivity contribution in [2.24, 2.45) is 5.92 Å². The Kier molecular flexibility index (Phi) is 5.24. The number of nitrogens with zero attached hydrogens (tertiary/aromatic N) is 4. The zero-order chi connectivity index (χ0) is 18.5. The van der Waals surface area contributed by atoms with Crippen molar-refractivity contribution in [3.63, 3.8) is 0 Å². The van der Waals surface area contributed by atoms with E-state index in [0.29, 0.717) is 12.4 Å². The van der Waals surface area contributed by atoms with E-state index >= 15 is 0 Å². The van der Waals surface area contributed by atoms with Crippen LogP contribution in [0.5, 0.6) is 0 Å². The van der Waals surface area contributed by atoms with E-state index in [4.69, 9.17) is 4.42 Å². The Morgan fingerprint density at radius 1 is 1.33 bits per heavy atom. The summed E-state index contributed by atoms with van der Waals surface area (Å²) in [6, 6.07) is 11.7. The molecule has 2 N–H and O–H groups in total. The topological polar surface area (TPSA) is 99.9 Å². The molecular weight excluding hydrogens is 344 g/mol. The van der Waals surface area contributed by atoms with Crippen LogP contribution in [-0.2, 0) is 17.9 Å². The SMILES string of the molecule is O=C(NCc1cccc(-c2nn[nH]n2)c1)C1CCCN(Cc2ccco2)C1. The average molecular weight is 366 g/mol. The molecule has 0 aliphatic carbocycles. The number of hydrogen-bond donors (Lipinski definition) is 2. The van der Waals surface area contributed by atoms with E-state index in [2.05, 4.69) is 30.8 Å². The zero-order valence-electron chi connectivity index (χ0n) is 15.0. The number of amides is 1. The Hall–Kier alpha value is -3.00. The molecule has 8 nitrogen and oxygen atoms in total. The van der Waals surface area contributed by atoms with Crippen molar-refractivity contribution in [3.8, 4) is 11.4 Å². The molecular formula is C19H22N6O2. The lowest BCUT2D eigenvalue weighted by atomic mass is 9.97. The number of likely N-dealkylation sites (tertiary alicyclic amines) is 1. The molecule has 1 aromatic carbocycles. The summed E-state index contributed by atoms with van der Waals surface area (Å²) < 4.78 is 5.42. The van der Waals surface area contributed by atoms with Crippen LogP contribution in [0.25, 0.3) is 11.4 Å². The van der Waals surface area contributed by atoms with Gasteiger partial charge in [-0.3, -0.25) is 9.69 Å². The molecule has 2 aromatic heterocycles. The van der Waals surface area contributed by atoms with E-state index in [9.17, 15) is 4.79 Å². The van der Waals surface area contributed by atoms with Crippen molar-refractivity contribution >= 4 is 5.91 Å². The molecule has 1 amide bonds. The van der Waals surface area contributed by atoms with Crippen LogP contribution in [0.3, 0.4) is 0 Å². The van der Waals surface area contributed by atoms with Crippen molar-refractivity contribution in [1.29, 1.82) is 0 Å². The molecule has 1 atom stereocenters. The number of carbonyl (C=O) groups excluding carboxylic acids is 1. The van der Waals surface area contributed by atoms with E-state index in [1.165, 1.54) is 0 Å². The zero-order valence-corrected chi connectivity index (χ0v) is 15.0. The summed E-state index contributed by atoms with van der Waals surface area (Å²) in [4.78, 5) is 14.9. The summed E-state index contributed by atoms with van der Waals surface area (Å²) in [5.74, 6) is 1.59. The number of aromatic amines is 1. The smallest absolute Gasteiger partial charge is 0.224 e. The van der Waals surface area contributed by atoms with Gasteiger partial charge in [0.1, 0.15) is 5.76 Å². The fourth-order valence-corrected chi connectivity index (χ4v) is 3.47. The fraction of sp³-hybridized carbons (Fsp3) is 0.368. The number of hydrogen-bond acceptors (Lipinski definition) is 6. The van der Waals surface area contributed by atoms with Crippen molar-refractivity contribution in [2.45, 2.75) is 25.9 Å². The normalized spacial score (nSPS) is 17.7. The predicted molar refractivity (Wildman–Crippen MR) is 98.2 cm³/mol. The first-order chi connectivity index (χ1) is 13.3. The maximum atomic E-state index is 12.6. The van der Waals surface area contributed by atoms with Gasteiger partial charge in [-0.15, -0.1) is 10.2 Å². The van der Waals surface area contributed by atoms with Gasteiger partial charge in [-0.25, -0.2) is 0 Å². The van der Waals surface area contributed by atoms with Crippen LogP contribution in [0.1, 0.15) is 24.2 Å². The van der Waals surface area contributed by atoms with E-state index in [-0.39, 0.29) is 11.8 Å². The van der Waals surface area contributed by atoms with Crippen LogP contribution < -0.4 is 5.32 Å². The summed E-state index contributed by atoms with van der Waals surface area (Å²) in [6.07, 6.45) is 3.63. The van der Waals surface area contributed by atoms with Crippen molar-refractivity contribution in [3.05, 3.63) is 54.0 Å². The molecule has 1 saturated heterocycles. The molecule has 0 bridgehead atoms. The molecule has 3 aromatic rings. The molecule has 1 aliphatic heterocycles. The van der Waals surface area contributed by atoms with Gasteiger partial charge in [0.05, 0.1) is 18.7 Å². The van der Waals surface area contributed by atoms with E-state index in [1.807, 2.05) is 36.4 Å². The third-order valence-electron chi connectivity index (χ3n) is 4.83. The molecule has 0 radical (unpaired) electrons. The monoisotopic (exact) mass is 366 g/mol. The second-order valence-corrected chi connectivity index (χ2v) is 6.81. The third-order valence-corrected chi connectivity index (χ3v) is 4.83. The highest BCUT2D eigenvalue weighted by Crippen LogP contribution is 2.20. The van der Waals surface area contributed by atoms with Gasteiger partial charge in [0.15, 0.2) is 0 Å². The number of aromatic nitrogens is 4. The molecule has 4 rings (SSSR count). The lowest BCUT2D eigenvalue weighted by Gasteiger charge is -2.31. The number of H-pyrrole nitrogens is 1. The number of carbonyl (C=O) groups is 1. The summed E-state index contributed by atoms with van der Waals surface area (Å²) >= 11 is 0. The molecule has 140 valence electrons.